The molecule has 1 aromatic carbocycles. The van der Waals surface area contributed by atoms with Crippen molar-refractivity contribution in [2.24, 2.45) is 0 Å². The number of aliphatic hydroxyl groups excluding tert-OH is 1. The smallest absolute Gasteiger partial charge is 0.0790 e. The molecule has 1 N–H and O–H groups in total. The third-order valence-corrected chi connectivity index (χ3v) is 4.52. The van der Waals surface area contributed by atoms with Crippen LogP contribution in [0.2, 0.25) is 0 Å². The standard InChI is InChI=1S/C17H26Br2O/c1-2-3-4-5-6-7-8-9-10-17(20)14-11-15(18)13-16(19)12-14/h11-13,17,20H,2-10H2,1H3. The van der Waals surface area contributed by atoms with Gasteiger partial charge in [0.2, 0.25) is 0 Å². The molecule has 0 radical (unpaired) electrons. The minimum absolute atomic E-state index is 0.344. The highest BCUT2D eigenvalue weighted by molar-refractivity contribution is 9.11. The van der Waals surface area contributed by atoms with Gasteiger partial charge in [-0.2, -0.15) is 0 Å². The van der Waals surface area contributed by atoms with Gasteiger partial charge in [0.05, 0.1) is 6.10 Å². The maximum atomic E-state index is 10.2. The van der Waals surface area contributed by atoms with Crippen LogP contribution in [0.3, 0.4) is 0 Å². The highest BCUT2D eigenvalue weighted by Gasteiger charge is 2.08. The molecule has 0 aromatic heterocycles. The summed E-state index contributed by atoms with van der Waals surface area (Å²) in [5, 5.41) is 10.2. The van der Waals surface area contributed by atoms with Crippen molar-refractivity contribution in [3.8, 4) is 0 Å². The van der Waals surface area contributed by atoms with Gasteiger partial charge < -0.3 is 5.11 Å². The summed E-state index contributed by atoms with van der Waals surface area (Å²) in [7, 11) is 0. The van der Waals surface area contributed by atoms with E-state index in [0.717, 1.165) is 27.4 Å². The van der Waals surface area contributed by atoms with Crippen molar-refractivity contribution in [1.82, 2.24) is 0 Å². The van der Waals surface area contributed by atoms with Crippen LogP contribution in [0, 0.1) is 0 Å². The summed E-state index contributed by atoms with van der Waals surface area (Å²) < 4.78 is 2.02. The van der Waals surface area contributed by atoms with E-state index in [1.54, 1.807) is 0 Å². The van der Waals surface area contributed by atoms with E-state index in [4.69, 9.17) is 0 Å². The average Bonchev–Trinajstić information content (AvgIpc) is 2.40. The van der Waals surface area contributed by atoms with Gasteiger partial charge in [0, 0.05) is 8.95 Å². The van der Waals surface area contributed by atoms with Crippen molar-refractivity contribution >= 4 is 31.9 Å². The first-order chi connectivity index (χ1) is 9.63. The third-order valence-electron chi connectivity index (χ3n) is 3.60. The summed E-state index contributed by atoms with van der Waals surface area (Å²) in [6, 6.07) is 5.99. The molecule has 0 spiro atoms. The second-order valence-corrected chi connectivity index (χ2v) is 7.31. The van der Waals surface area contributed by atoms with E-state index >= 15 is 0 Å². The fraction of sp³-hybridized carbons (Fsp3) is 0.647. The van der Waals surface area contributed by atoms with Crippen molar-refractivity contribution in [1.29, 1.82) is 0 Å². The lowest BCUT2D eigenvalue weighted by molar-refractivity contribution is 0.163. The van der Waals surface area contributed by atoms with Gasteiger partial charge in [-0.1, -0.05) is 90.2 Å². The van der Waals surface area contributed by atoms with Crippen molar-refractivity contribution < 1.29 is 5.11 Å². The molecular formula is C17H26Br2O. The molecule has 1 atom stereocenters. The number of hydrogen-bond donors (Lipinski definition) is 1. The molecule has 0 amide bonds. The SMILES string of the molecule is CCCCCCCCCCC(O)c1cc(Br)cc(Br)c1. The first kappa shape index (κ1) is 18.2. The molecule has 1 unspecified atom stereocenters. The van der Waals surface area contributed by atoms with Gasteiger partial charge in [-0.3, -0.25) is 0 Å². The lowest BCUT2D eigenvalue weighted by Crippen LogP contribution is -1.97. The molecule has 1 nitrogen and oxygen atoms in total. The van der Waals surface area contributed by atoms with Gasteiger partial charge in [0.15, 0.2) is 0 Å². The number of unbranched alkanes of at least 4 members (excludes halogenated alkanes) is 7. The van der Waals surface area contributed by atoms with E-state index in [1.807, 2.05) is 18.2 Å². The molecule has 1 aromatic rings. The van der Waals surface area contributed by atoms with Crippen LogP contribution >= 0.6 is 31.9 Å². The highest BCUT2D eigenvalue weighted by atomic mass is 79.9. The van der Waals surface area contributed by atoms with E-state index in [2.05, 4.69) is 38.8 Å². The Bertz CT molecular complexity index is 359. The van der Waals surface area contributed by atoms with Crippen LogP contribution in [0.1, 0.15) is 76.4 Å². The van der Waals surface area contributed by atoms with Crippen LogP contribution in [-0.4, -0.2) is 5.11 Å². The van der Waals surface area contributed by atoms with E-state index in [-0.39, 0.29) is 6.10 Å². The molecule has 0 saturated heterocycles. The molecule has 1 rings (SSSR count). The van der Waals surface area contributed by atoms with Gasteiger partial charge in [-0.25, -0.2) is 0 Å². The molecule has 0 saturated carbocycles. The molecule has 0 aliphatic rings. The first-order valence-corrected chi connectivity index (χ1v) is 9.36. The maximum absolute atomic E-state index is 10.2. The summed E-state index contributed by atoms with van der Waals surface area (Å²) in [6.07, 6.45) is 10.9. The lowest BCUT2D eigenvalue weighted by atomic mass is 10.0. The van der Waals surface area contributed by atoms with E-state index in [0.29, 0.717) is 0 Å². The summed E-state index contributed by atoms with van der Waals surface area (Å²) in [5.41, 5.74) is 0.995. The van der Waals surface area contributed by atoms with Gasteiger partial charge in [-0.15, -0.1) is 0 Å². The molecule has 0 fully saturated rings. The number of benzene rings is 1. The number of halogens is 2. The summed E-state index contributed by atoms with van der Waals surface area (Å²) in [6.45, 7) is 2.25. The van der Waals surface area contributed by atoms with E-state index < -0.39 is 0 Å². The van der Waals surface area contributed by atoms with Crippen molar-refractivity contribution in [2.75, 3.05) is 0 Å². The summed E-state index contributed by atoms with van der Waals surface area (Å²) in [4.78, 5) is 0. The van der Waals surface area contributed by atoms with Gasteiger partial charge >= 0.3 is 0 Å². The number of rotatable bonds is 10. The topological polar surface area (TPSA) is 20.2 Å². The molecule has 20 heavy (non-hydrogen) atoms. The molecule has 0 heterocycles. The van der Waals surface area contributed by atoms with Crippen molar-refractivity contribution in [3.63, 3.8) is 0 Å². The number of hydrogen-bond acceptors (Lipinski definition) is 1. The highest BCUT2D eigenvalue weighted by Crippen LogP contribution is 2.27. The fourth-order valence-corrected chi connectivity index (χ4v) is 3.73. The molecule has 0 bridgehead atoms. The van der Waals surface area contributed by atoms with Crippen LogP contribution in [0.15, 0.2) is 27.1 Å². The van der Waals surface area contributed by atoms with Crippen LogP contribution in [-0.2, 0) is 0 Å². The van der Waals surface area contributed by atoms with Crippen molar-refractivity contribution in [2.45, 2.75) is 70.8 Å². The van der Waals surface area contributed by atoms with Gasteiger partial charge in [0.25, 0.3) is 0 Å². The van der Waals surface area contributed by atoms with Crippen LogP contribution in [0.5, 0.6) is 0 Å². The molecular weight excluding hydrogens is 380 g/mol. The Balaban J connectivity index is 2.15. The lowest BCUT2D eigenvalue weighted by Gasteiger charge is -2.12. The minimum atomic E-state index is -0.344. The summed E-state index contributed by atoms with van der Waals surface area (Å²) in [5.74, 6) is 0. The second-order valence-electron chi connectivity index (χ2n) is 5.48. The summed E-state index contributed by atoms with van der Waals surface area (Å²) >= 11 is 6.93. The number of aliphatic hydroxyl groups is 1. The zero-order valence-electron chi connectivity index (χ0n) is 12.4. The predicted molar refractivity (Wildman–Crippen MR) is 94.0 cm³/mol. The zero-order chi connectivity index (χ0) is 14.8. The monoisotopic (exact) mass is 404 g/mol. The average molecular weight is 406 g/mol. The molecule has 0 aliphatic carbocycles. The Morgan fingerprint density at radius 1 is 0.850 bits per heavy atom. The fourth-order valence-electron chi connectivity index (χ4n) is 2.41. The first-order valence-electron chi connectivity index (χ1n) is 7.77. The van der Waals surface area contributed by atoms with Crippen LogP contribution < -0.4 is 0 Å². The Kier molecular flexibility index (Phi) is 9.83. The van der Waals surface area contributed by atoms with Crippen LogP contribution in [0.4, 0.5) is 0 Å². The third kappa shape index (κ3) is 7.80. The second kappa shape index (κ2) is 10.8. The minimum Gasteiger partial charge on any atom is -0.388 e. The molecule has 114 valence electrons. The maximum Gasteiger partial charge on any atom is 0.0790 e. The quantitative estimate of drug-likeness (QED) is 0.425. The Morgan fingerprint density at radius 2 is 1.35 bits per heavy atom. The molecule has 3 heteroatoms. The Morgan fingerprint density at radius 3 is 1.90 bits per heavy atom. The van der Waals surface area contributed by atoms with Gasteiger partial charge in [0.1, 0.15) is 0 Å². The Hall–Kier alpha value is 0.140. The van der Waals surface area contributed by atoms with E-state index in [1.165, 1.54) is 44.9 Å². The normalized spacial score (nSPS) is 12.6. The largest absolute Gasteiger partial charge is 0.388 e. The predicted octanol–water partition coefficient (Wildman–Crippen LogP) is 6.78. The Labute approximate surface area is 140 Å². The van der Waals surface area contributed by atoms with Crippen molar-refractivity contribution in [3.05, 3.63) is 32.7 Å². The zero-order valence-corrected chi connectivity index (χ0v) is 15.5. The van der Waals surface area contributed by atoms with Crippen LogP contribution in [0.25, 0.3) is 0 Å². The molecule has 0 aliphatic heterocycles. The van der Waals surface area contributed by atoms with E-state index in [9.17, 15) is 5.11 Å². The van der Waals surface area contributed by atoms with Gasteiger partial charge in [-0.05, 0) is 30.2 Å².